The van der Waals surface area contributed by atoms with E-state index >= 15 is 0 Å². The van der Waals surface area contributed by atoms with Gasteiger partial charge >= 0.3 is 5.97 Å². The smallest absolute Gasteiger partial charge is 0.338 e. The molecule has 1 aromatic rings. The SMILES string of the molecule is CC(C)CCNC(=O)COC(=O)c1ccc(N2CCOCC2)c([N+](=O)[O-])c1. The highest BCUT2D eigenvalue weighted by Crippen LogP contribution is 2.30. The molecule has 2 rings (SSSR count). The van der Waals surface area contributed by atoms with Crippen LogP contribution in [-0.2, 0) is 14.3 Å². The zero-order valence-electron chi connectivity index (χ0n) is 15.6. The van der Waals surface area contributed by atoms with Gasteiger partial charge in [-0.1, -0.05) is 13.8 Å². The summed E-state index contributed by atoms with van der Waals surface area (Å²) in [6.45, 7) is 6.24. The number of hydrogen-bond donors (Lipinski definition) is 1. The minimum Gasteiger partial charge on any atom is -0.452 e. The lowest BCUT2D eigenvalue weighted by Crippen LogP contribution is -2.36. The third kappa shape index (κ3) is 6.21. The van der Waals surface area contributed by atoms with E-state index < -0.39 is 23.4 Å². The van der Waals surface area contributed by atoms with Gasteiger partial charge in [-0.3, -0.25) is 14.9 Å². The van der Waals surface area contributed by atoms with Crippen LogP contribution >= 0.6 is 0 Å². The summed E-state index contributed by atoms with van der Waals surface area (Å²) in [5.74, 6) is -0.715. The van der Waals surface area contributed by atoms with Gasteiger partial charge in [0, 0.05) is 25.7 Å². The van der Waals surface area contributed by atoms with Gasteiger partial charge in [0.25, 0.3) is 11.6 Å². The minimum atomic E-state index is -0.773. The molecular weight excluding hydrogens is 354 g/mol. The van der Waals surface area contributed by atoms with Crippen molar-refractivity contribution in [1.82, 2.24) is 5.32 Å². The Morgan fingerprint density at radius 2 is 2.04 bits per heavy atom. The molecule has 1 aliphatic rings. The van der Waals surface area contributed by atoms with E-state index in [0.717, 1.165) is 6.42 Å². The summed E-state index contributed by atoms with van der Waals surface area (Å²) in [7, 11) is 0. The van der Waals surface area contributed by atoms with Crippen molar-refractivity contribution in [1.29, 1.82) is 0 Å². The molecule has 0 unspecified atom stereocenters. The monoisotopic (exact) mass is 379 g/mol. The average molecular weight is 379 g/mol. The lowest BCUT2D eigenvalue weighted by molar-refractivity contribution is -0.384. The van der Waals surface area contributed by atoms with E-state index in [2.05, 4.69) is 5.32 Å². The van der Waals surface area contributed by atoms with E-state index in [1.807, 2.05) is 18.7 Å². The van der Waals surface area contributed by atoms with Crippen LogP contribution in [0.15, 0.2) is 18.2 Å². The fourth-order valence-electron chi connectivity index (χ4n) is 2.63. The van der Waals surface area contributed by atoms with Crippen molar-refractivity contribution in [2.75, 3.05) is 44.4 Å². The van der Waals surface area contributed by atoms with Crippen LogP contribution < -0.4 is 10.2 Å². The first-order chi connectivity index (χ1) is 12.9. The van der Waals surface area contributed by atoms with Crippen LogP contribution in [-0.4, -0.2) is 56.3 Å². The van der Waals surface area contributed by atoms with E-state index in [1.54, 1.807) is 0 Å². The highest BCUT2D eigenvalue weighted by Gasteiger charge is 2.24. The lowest BCUT2D eigenvalue weighted by Gasteiger charge is -2.28. The molecule has 0 saturated carbocycles. The Morgan fingerprint density at radius 1 is 1.33 bits per heavy atom. The number of hydrogen-bond acceptors (Lipinski definition) is 7. The van der Waals surface area contributed by atoms with Crippen LogP contribution in [0.1, 0.15) is 30.6 Å². The summed E-state index contributed by atoms with van der Waals surface area (Å²) >= 11 is 0. The largest absolute Gasteiger partial charge is 0.452 e. The van der Waals surface area contributed by atoms with E-state index in [1.165, 1.54) is 18.2 Å². The van der Waals surface area contributed by atoms with E-state index in [0.29, 0.717) is 44.5 Å². The van der Waals surface area contributed by atoms with Gasteiger partial charge in [-0.2, -0.15) is 0 Å². The average Bonchev–Trinajstić information content (AvgIpc) is 2.66. The number of nitro groups is 1. The second-order valence-electron chi connectivity index (χ2n) is 6.67. The van der Waals surface area contributed by atoms with Crippen LogP contribution in [0.4, 0.5) is 11.4 Å². The first-order valence-electron chi connectivity index (χ1n) is 8.93. The zero-order chi connectivity index (χ0) is 19.8. The maximum Gasteiger partial charge on any atom is 0.338 e. The number of esters is 1. The number of nitrogens with one attached hydrogen (secondary N) is 1. The molecule has 0 aromatic heterocycles. The topological polar surface area (TPSA) is 111 Å². The number of rotatable bonds is 8. The second-order valence-corrected chi connectivity index (χ2v) is 6.67. The summed E-state index contributed by atoms with van der Waals surface area (Å²) in [5, 5.41) is 14.1. The summed E-state index contributed by atoms with van der Waals surface area (Å²) in [6, 6.07) is 4.18. The van der Waals surface area contributed by atoms with Crippen LogP contribution in [0.25, 0.3) is 0 Å². The van der Waals surface area contributed by atoms with Crippen molar-refractivity contribution in [3.63, 3.8) is 0 Å². The Labute approximate surface area is 157 Å². The highest BCUT2D eigenvalue weighted by atomic mass is 16.6. The molecule has 0 bridgehead atoms. The molecule has 1 saturated heterocycles. The Balaban J connectivity index is 1.98. The number of amides is 1. The molecular formula is C18H25N3O6. The number of anilines is 1. The Bertz CT molecular complexity index is 686. The third-order valence-electron chi connectivity index (χ3n) is 4.14. The first-order valence-corrected chi connectivity index (χ1v) is 8.93. The van der Waals surface area contributed by atoms with Crippen molar-refractivity contribution in [2.45, 2.75) is 20.3 Å². The third-order valence-corrected chi connectivity index (χ3v) is 4.14. The van der Waals surface area contributed by atoms with E-state index in [9.17, 15) is 19.7 Å². The van der Waals surface area contributed by atoms with Crippen LogP contribution in [0, 0.1) is 16.0 Å². The quantitative estimate of drug-likeness (QED) is 0.416. The van der Waals surface area contributed by atoms with Gasteiger partial charge in [0.1, 0.15) is 5.69 Å². The molecule has 27 heavy (non-hydrogen) atoms. The second kappa shape index (κ2) is 9.86. The van der Waals surface area contributed by atoms with Crippen LogP contribution in [0.3, 0.4) is 0 Å². The molecule has 9 heteroatoms. The standard InChI is InChI=1S/C18H25N3O6/c1-13(2)5-6-19-17(22)12-27-18(23)14-3-4-15(16(11-14)21(24)25)20-7-9-26-10-8-20/h3-4,11,13H,5-10,12H2,1-2H3,(H,19,22). The van der Waals surface area contributed by atoms with Crippen molar-refractivity contribution in [3.8, 4) is 0 Å². The first kappa shape index (κ1) is 20.6. The number of nitrogens with zero attached hydrogens (tertiary/aromatic N) is 2. The molecule has 0 radical (unpaired) electrons. The van der Waals surface area contributed by atoms with Gasteiger partial charge in [-0.25, -0.2) is 4.79 Å². The Morgan fingerprint density at radius 3 is 2.67 bits per heavy atom. The molecule has 1 aromatic carbocycles. The van der Waals surface area contributed by atoms with E-state index in [4.69, 9.17) is 9.47 Å². The summed E-state index contributed by atoms with van der Waals surface area (Å²) < 4.78 is 10.2. The number of morpholine rings is 1. The fraction of sp³-hybridized carbons (Fsp3) is 0.556. The number of nitro benzene ring substituents is 1. The predicted octanol–water partition coefficient (Wildman–Crippen LogP) is 1.75. The van der Waals surface area contributed by atoms with Crippen molar-refractivity contribution in [2.24, 2.45) is 5.92 Å². The molecule has 1 heterocycles. The zero-order valence-corrected chi connectivity index (χ0v) is 15.6. The molecule has 1 aliphatic heterocycles. The molecule has 9 nitrogen and oxygen atoms in total. The lowest BCUT2D eigenvalue weighted by atomic mass is 10.1. The van der Waals surface area contributed by atoms with Gasteiger partial charge in [0.2, 0.25) is 0 Å². The van der Waals surface area contributed by atoms with Crippen molar-refractivity contribution in [3.05, 3.63) is 33.9 Å². The normalized spacial score (nSPS) is 14.1. The Hall–Kier alpha value is -2.68. The number of benzene rings is 1. The van der Waals surface area contributed by atoms with Gasteiger partial charge in [0.05, 0.1) is 23.7 Å². The minimum absolute atomic E-state index is 0.0358. The molecule has 0 aliphatic carbocycles. The maximum atomic E-state index is 12.1. The molecule has 0 spiro atoms. The molecule has 1 N–H and O–H groups in total. The predicted molar refractivity (Wildman–Crippen MR) is 98.9 cm³/mol. The summed E-state index contributed by atoms with van der Waals surface area (Å²) in [5.41, 5.74) is 0.299. The molecule has 1 fully saturated rings. The summed E-state index contributed by atoms with van der Waals surface area (Å²) in [4.78, 5) is 36.5. The van der Waals surface area contributed by atoms with Gasteiger partial charge < -0.3 is 19.7 Å². The van der Waals surface area contributed by atoms with Crippen molar-refractivity contribution < 1.29 is 24.0 Å². The molecule has 1 amide bonds. The number of carbonyl (C=O) groups excluding carboxylic acids is 2. The summed E-state index contributed by atoms with van der Waals surface area (Å²) in [6.07, 6.45) is 0.828. The molecule has 0 atom stereocenters. The van der Waals surface area contributed by atoms with Gasteiger partial charge in [-0.05, 0) is 24.5 Å². The van der Waals surface area contributed by atoms with Crippen LogP contribution in [0.2, 0.25) is 0 Å². The highest BCUT2D eigenvalue weighted by molar-refractivity contribution is 5.93. The maximum absolute atomic E-state index is 12.1. The number of carbonyl (C=O) groups is 2. The van der Waals surface area contributed by atoms with Crippen molar-refractivity contribution >= 4 is 23.3 Å². The van der Waals surface area contributed by atoms with Gasteiger partial charge in [-0.15, -0.1) is 0 Å². The molecule has 148 valence electrons. The van der Waals surface area contributed by atoms with E-state index in [-0.39, 0.29) is 11.3 Å². The fourth-order valence-corrected chi connectivity index (χ4v) is 2.63. The van der Waals surface area contributed by atoms with Gasteiger partial charge in [0.15, 0.2) is 6.61 Å². The Kier molecular flexibility index (Phi) is 7.54. The number of ether oxygens (including phenoxy) is 2. The van der Waals surface area contributed by atoms with Crippen LogP contribution in [0.5, 0.6) is 0 Å².